The lowest BCUT2D eigenvalue weighted by molar-refractivity contribution is -0.123. The molecule has 4 rings (SSSR count). The number of amides is 2. The molecule has 1 aliphatic heterocycles. The summed E-state index contributed by atoms with van der Waals surface area (Å²) in [6.45, 7) is 1.81. The Bertz CT molecular complexity index is 955. The maximum Gasteiger partial charge on any atom is 0.280 e. The topological polar surface area (TPSA) is 58.2 Å². The second-order valence-electron chi connectivity index (χ2n) is 7.30. The highest BCUT2D eigenvalue weighted by Gasteiger charge is 2.45. The van der Waals surface area contributed by atoms with Gasteiger partial charge in [0.15, 0.2) is 0 Å². The van der Waals surface area contributed by atoms with Crippen molar-refractivity contribution >= 4 is 70.0 Å². The fourth-order valence-electron chi connectivity index (χ4n) is 3.95. The monoisotopic (exact) mass is 498 g/mol. The van der Waals surface area contributed by atoms with Gasteiger partial charge < -0.3 is 0 Å². The van der Waals surface area contributed by atoms with Crippen molar-refractivity contribution in [2.75, 3.05) is 17.8 Å². The molecule has 1 saturated heterocycles. The molecule has 30 heavy (non-hydrogen) atoms. The molecule has 1 spiro atoms. The number of halogens is 1. The highest BCUT2D eigenvalue weighted by molar-refractivity contribution is 8.20. The van der Waals surface area contributed by atoms with Gasteiger partial charge in [0.05, 0.1) is 19.1 Å². The van der Waals surface area contributed by atoms with Crippen LogP contribution in [0.25, 0.3) is 0 Å². The number of nitrogens with one attached hydrogen (secondary N) is 2. The van der Waals surface area contributed by atoms with Crippen molar-refractivity contribution in [3.05, 3.63) is 50.9 Å². The maximum atomic E-state index is 13.0. The van der Waals surface area contributed by atoms with E-state index in [-0.39, 0.29) is 15.9 Å². The molecule has 1 aliphatic carbocycles. The van der Waals surface area contributed by atoms with Gasteiger partial charge in [0, 0.05) is 22.1 Å². The Hall–Kier alpha value is -0.800. The van der Waals surface area contributed by atoms with E-state index in [1.165, 1.54) is 15.3 Å². The third kappa shape index (κ3) is 4.26. The van der Waals surface area contributed by atoms with Gasteiger partial charge in [0.1, 0.15) is 0 Å². The molecule has 4 nitrogen and oxygen atoms in total. The molecule has 0 bridgehead atoms. The lowest BCUT2D eigenvalue weighted by atomic mass is 9.92. The second kappa shape index (κ2) is 9.36. The summed E-state index contributed by atoms with van der Waals surface area (Å²) in [5.74, 6) is 1.45. The van der Waals surface area contributed by atoms with Crippen molar-refractivity contribution in [1.29, 1.82) is 0 Å². The van der Waals surface area contributed by atoms with Crippen LogP contribution >= 0.6 is 58.2 Å². The quantitative estimate of drug-likeness (QED) is 0.421. The summed E-state index contributed by atoms with van der Waals surface area (Å²) in [5.41, 5.74) is 8.65. The summed E-state index contributed by atoms with van der Waals surface area (Å²) in [4.78, 5) is 26.3. The predicted molar refractivity (Wildman–Crippen MR) is 131 cm³/mol. The average Bonchev–Trinajstić information content (AvgIpc) is 3.37. The van der Waals surface area contributed by atoms with Crippen molar-refractivity contribution in [2.24, 2.45) is 0 Å². The van der Waals surface area contributed by atoms with Crippen LogP contribution in [-0.2, 0) is 15.3 Å². The normalized spacial score (nSPS) is 18.1. The van der Waals surface area contributed by atoms with E-state index in [0.717, 1.165) is 41.2 Å². The van der Waals surface area contributed by atoms with Crippen LogP contribution < -0.4 is 10.9 Å². The number of carbonyl (C=O) groups excluding carboxylic acids is 2. The number of rotatable bonds is 4. The highest BCUT2D eigenvalue weighted by atomic mass is 35.5. The number of hydrazine groups is 1. The zero-order valence-electron chi connectivity index (χ0n) is 16.7. The molecular formula is C21H23ClN2O2S4. The number of fused-ring (bicyclic) bond motifs is 2. The Morgan fingerprint density at radius 2 is 1.87 bits per heavy atom. The van der Waals surface area contributed by atoms with Crippen LogP contribution in [0.2, 0.25) is 5.02 Å². The number of thioether (sulfide) groups is 3. The van der Waals surface area contributed by atoms with Crippen molar-refractivity contribution in [2.45, 2.75) is 40.4 Å². The van der Waals surface area contributed by atoms with Crippen LogP contribution in [0.5, 0.6) is 0 Å². The molecule has 1 atom stereocenters. The Balaban J connectivity index is 1.50. The van der Waals surface area contributed by atoms with Crippen molar-refractivity contribution in [1.82, 2.24) is 10.9 Å². The van der Waals surface area contributed by atoms with E-state index >= 15 is 0 Å². The van der Waals surface area contributed by atoms with E-state index in [0.29, 0.717) is 5.02 Å². The molecule has 160 valence electrons. The van der Waals surface area contributed by atoms with Crippen LogP contribution in [0.15, 0.2) is 28.5 Å². The molecule has 1 unspecified atom stereocenters. The minimum Gasteiger partial charge on any atom is -0.273 e. The molecule has 0 saturated carbocycles. The summed E-state index contributed by atoms with van der Waals surface area (Å²) in [7, 11) is 0. The summed E-state index contributed by atoms with van der Waals surface area (Å²) in [5, 5.41) is 0.628. The molecule has 2 N–H and O–H groups in total. The molecule has 2 aromatic rings. The minimum absolute atomic E-state index is 0.104. The second-order valence-corrected chi connectivity index (χ2v) is 12.9. The minimum atomic E-state index is -0.392. The van der Waals surface area contributed by atoms with Gasteiger partial charge >= 0.3 is 0 Å². The zero-order chi connectivity index (χ0) is 21.3. The highest BCUT2D eigenvalue weighted by Crippen LogP contribution is 2.61. The van der Waals surface area contributed by atoms with Gasteiger partial charge in [0.25, 0.3) is 5.91 Å². The van der Waals surface area contributed by atoms with E-state index in [4.69, 9.17) is 11.6 Å². The van der Waals surface area contributed by atoms with E-state index in [1.807, 2.05) is 42.6 Å². The first-order valence-electron chi connectivity index (χ1n) is 9.79. The lowest BCUT2D eigenvalue weighted by Crippen LogP contribution is -2.43. The fourth-order valence-corrected chi connectivity index (χ4v) is 9.95. The van der Waals surface area contributed by atoms with Crippen LogP contribution in [-0.4, -0.2) is 29.6 Å². The maximum absolute atomic E-state index is 13.0. The number of hydrogen-bond acceptors (Lipinski definition) is 6. The first kappa shape index (κ1) is 22.4. The number of carbonyl (C=O) groups is 2. The standard InChI is InChI=1S/C21H23ClN2O2S4/c1-12(13-5-7-14(22)8-6-13)18(25)23-24-19(26)17-15-4-3-9-21(28-10-11-29-21)16(15)20(27-2)30-17/h5-8,12H,3-4,9-11H2,1-2H3,(H,23,25)(H,24,26). The van der Waals surface area contributed by atoms with Crippen LogP contribution in [0.3, 0.4) is 0 Å². The zero-order valence-corrected chi connectivity index (χ0v) is 20.8. The molecule has 0 radical (unpaired) electrons. The van der Waals surface area contributed by atoms with Crippen molar-refractivity contribution in [3.8, 4) is 0 Å². The molecule has 2 heterocycles. The fraction of sp³-hybridized carbons (Fsp3) is 0.429. The Kier molecular flexibility index (Phi) is 6.99. The third-order valence-electron chi connectivity index (χ3n) is 5.50. The van der Waals surface area contributed by atoms with Gasteiger partial charge in [-0.05, 0) is 55.7 Å². The molecule has 1 aromatic carbocycles. The van der Waals surface area contributed by atoms with Gasteiger partial charge in [-0.25, -0.2) is 0 Å². The van der Waals surface area contributed by atoms with E-state index < -0.39 is 5.92 Å². The number of thiophene rings is 1. The summed E-state index contributed by atoms with van der Waals surface area (Å²) < 4.78 is 1.34. The number of benzene rings is 1. The largest absolute Gasteiger partial charge is 0.280 e. The molecule has 9 heteroatoms. The van der Waals surface area contributed by atoms with E-state index in [2.05, 4.69) is 17.1 Å². The SMILES string of the molecule is CSc1sc(C(=O)NNC(=O)C(C)c2ccc(Cl)cc2)c2c1C1(CCC2)SCCS1. The lowest BCUT2D eigenvalue weighted by Gasteiger charge is -2.33. The van der Waals surface area contributed by atoms with Gasteiger partial charge in [-0.1, -0.05) is 23.7 Å². The van der Waals surface area contributed by atoms with Crippen LogP contribution in [0.4, 0.5) is 0 Å². The van der Waals surface area contributed by atoms with E-state index in [9.17, 15) is 9.59 Å². The van der Waals surface area contributed by atoms with Gasteiger partial charge in [-0.2, -0.15) is 0 Å². The Morgan fingerprint density at radius 1 is 1.17 bits per heavy atom. The van der Waals surface area contributed by atoms with E-state index in [1.54, 1.807) is 35.2 Å². The van der Waals surface area contributed by atoms with Crippen LogP contribution in [0.1, 0.15) is 52.0 Å². The molecule has 2 aliphatic rings. The smallest absolute Gasteiger partial charge is 0.273 e. The van der Waals surface area contributed by atoms with Gasteiger partial charge in [-0.3, -0.25) is 20.4 Å². The molecule has 2 amide bonds. The molecule has 1 aromatic heterocycles. The Morgan fingerprint density at radius 3 is 2.53 bits per heavy atom. The summed E-state index contributed by atoms with van der Waals surface area (Å²) in [6, 6.07) is 7.17. The summed E-state index contributed by atoms with van der Waals surface area (Å²) >= 11 is 13.3. The summed E-state index contributed by atoms with van der Waals surface area (Å²) in [6.07, 6.45) is 5.26. The first-order valence-corrected chi connectivity index (χ1v) is 14.2. The van der Waals surface area contributed by atoms with Crippen LogP contribution in [0, 0.1) is 0 Å². The third-order valence-corrected chi connectivity index (χ3v) is 11.6. The van der Waals surface area contributed by atoms with Crippen molar-refractivity contribution < 1.29 is 9.59 Å². The first-order chi connectivity index (χ1) is 14.4. The van der Waals surface area contributed by atoms with Gasteiger partial charge in [-0.15, -0.1) is 46.6 Å². The average molecular weight is 499 g/mol. The number of hydrogen-bond donors (Lipinski definition) is 2. The van der Waals surface area contributed by atoms with Gasteiger partial charge in [0.2, 0.25) is 5.91 Å². The molecular weight excluding hydrogens is 476 g/mol. The van der Waals surface area contributed by atoms with Crippen molar-refractivity contribution in [3.63, 3.8) is 0 Å². The predicted octanol–water partition coefficient (Wildman–Crippen LogP) is 5.66. The molecule has 1 fully saturated rings. The Labute approximate surface area is 198 Å².